The van der Waals surface area contributed by atoms with E-state index in [9.17, 15) is 9.59 Å². The second kappa shape index (κ2) is 12.4. The molecule has 0 spiro atoms. The fraction of sp³-hybridized carbons (Fsp3) is 0.310. The molecule has 0 bridgehead atoms. The first-order valence-electron chi connectivity index (χ1n) is 11.8. The van der Waals surface area contributed by atoms with Gasteiger partial charge in [0.1, 0.15) is 6.04 Å². The van der Waals surface area contributed by atoms with Gasteiger partial charge in [-0.1, -0.05) is 91.3 Å². The van der Waals surface area contributed by atoms with Crippen LogP contribution < -0.4 is 5.32 Å². The third-order valence-electron chi connectivity index (χ3n) is 6.22. The molecule has 34 heavy (non-hydrogen) atoms. The molecule has 0 heterocycles. The maximum Gasteiger partial charge on any atom is 0.242 e. The molecule has 0 saturated heterocycles. The van der Waals surface area contributed by atoms with E-state index in [1.54, 1.807) is 24.0 Å². The van der Waals surface area contributed by atoms with Crippen LogP contribution in [0.1, 0.15) is 56.2 Å². The highest BCUT2D eigenvalue weighted by Gasteiger charge is 2.29. The van der Waals surface area contributed by atoms with Crippen LogP contribution in [0.15, 0.2) is 84.9 Å². The van der Waals surface area contributed by atoms with Gasteiger partial charge in [0.15, 0.2) is 0 Å². The van der Waals surface area contributed by atoms with Gasteiger partial charge in [-0.15, -0.1) is 0 Å². The highest BCUT2D eigenvalue weighted by Crippen LogP contribution is 2.29. The number of hydrogen-bond donors (Lipinski definition) is 1. The van der Waals surface area contributed by atoms with Crippen molar-refractivity contribution in [3.8, 4) is 0 Å². The first-order chi connectivity index (χ1) is 16.4. The number of amides is 2. The van der Waals surface area contributed by atoms with Crippen molar-refractivity contribution in [2.75, 3.05) is 0 Å². The number of nitrogens with zero attached hydrogens (tertiary/aromatic N) is 1. The van der Waals surface area contributed by atoms with Crippen molar-refractivity contribution >= 4 is 23.4 Å². The predicted octanol–water partition coefficient (Wildman–Crippen LogP) is 6.19. The van der Waals surface area contributed by atoms with Crippen molar-refractivity contribution in [3.05, 3.63) is 107 Å². The molecule has 5 heteroatoms. The van der Waals surface area contributed by atoms with Crippen molar-refractivity contribution in [1.82, 2.24) is 10.2 Å². The van der Waals surface area contributed by atoms with Gasteiger partial charge in [0.2, 0.25) is 11.8 Å². The molecule has 0 unspecified atom stereocenters. The molecular formula is C29H33ClN2O2. The van der Waals surface area contributed by atoms with Crippen molar-refractivity contribution in [2.24, 2.45) is 0 Å². The number of nitrogens with one attached hydrogen (secondary N) is 1. The minimum absolute atomic E-state index is 0.0452. The third kappa shape index (κ3) is 6.94. The monoisotopic (exact) mass is 476 g/mol. The molecular weight excluding hydrogens is 444 g/mol. The summed E-state index contributed by atoms with van der Waals surface area (Å²) < 4.78 is 0. The Bertz CT molecular complexity index is 1020. The number of carbonyl (C=O) groups is 2. The lowest BCUT2D eigenvalue weighted by Gasteiger charge is -2.31. The molecule has 0 aliphatic heterocycles. The maximum atomic E-state index is 13.8. The molecule has 2 atom stereocenters. The first kappa shape index (κ1) is 25.5. The van der Waals surface area contributed by atoms with Crippen LogP contribution in [-0.4, -0.2) is 28.8 Å². The third-order valence-corrected chi connectivity index (χ3v) is 6.47. The molecule has 0 radical (unpaired) electrons. The van der Waals surface area contributed by atoms with E-state index in [0.717, 1.165) is 23.1 Å². The van der Waals surface area contributed by atoms with Crippen LogP contribution >= 0.6 is 11.6 Å². The van der Waals surface area contributed by atoms with E-state index in [1.165, 1.54) is 0 Å². The average molecular weight is 477 g/mol. The molecule has 1 N–H and O–H groups in total. The van der Waals surface area contributed by atoms with E-state index >= 15 is 0 Å². The summed E-state index contributed by atoms with van der Waals surface area (Å²) in [6.07, 6.45) is 1.09. The molecule has 0 fully saturated rings. The SMILES string of the molecule is CC[C@@H](C)NC(=O)[C@H](C)N(Cc1ccc(Cl)cc1)C(=O)CC(c1ccccc1)c1ccccc1. The lowest BCUT2D eigenvalue weighted by Crippen LogP contribution is -2.49. The Balaban J connectivity index is 1.90. The molecule has 3 aromatic carbocycles. The molecule has 0 saturated carbocycles. The van der Waals surface area contributed by atoms with Gasteiger partial charge in [-0.05, 0) is 49.1 Å². The van der Waals surface area contributed by atoms with Gasteiger partial charge in [0.25, 0.3) is 0 Å². The van der Waals surface area contributed by atoms with Gasteiger partial charge in [-0.3, -0.25) is 9.59 Å². The van der Waals surface area contributed by atoms with Gasteiger partial charge in [-0.2, -0.15) is 0 Å². The Kier molecular flexibility index (Phi) is 9.29. The summed E-state index contributed by atoms with van der Waals surface area (Å²) in [5.41, 5.74) is 3.08. The smallest absolute Gasteiger partial charge is 0.242 e. The summed E-state index contributed by atoms with van der Waals surface area (Å²) in [6.45, 7) is 6.13. The minimum Gasteiger partial charge on any atom is -0.352 e. The summed E-state index contributed by atoms with van der Waals surface area (Å²) in [6, 6.07) is 26.9. The Morgan fingerprint density at radius 2 is 1.38 bits per heavy atom. The topological polar surface area (TPSA) is 49.4 Å². The lowest BCUT2D eigenvalue weighted by molar-refractivity contribution is -0.141. The molecule has 0 aromatic heterocycles. The second-order valence-corrected chi connectivity index (χ2v) is 9.16. The van der Waals surface area contributed by atoms with Crippen LogP contribution in [0, 0.1) is 0 Å². The first-order valence-corrected chi connectivity index (χ1v) is 12.2. The zero-order chi connectivity index (χ0) is 24.5. The number of rotatable bonds is 10. The van der Waals surface area contributed by atoms with Crippen molar-refractivity contribution in [3.63, 3.8) is 0 Å². The fourth-order valence-electron chi connectivity index (χ4n) is 3.93. The lowest BCUT2D eigenvalue weighted by atomic mass is 9.88. The van der Waals surface area contributed by atoms with Crippen LogP contribution in [0.2, 0.25) is 5.02 Å². The van der Waals surface area contributed by atoms with E-state index in [-0.39, 0.29) is 30.2 Å². The van der Waals surface area contributed by atoms with Gasteiger partial charge >= 0.3 is 0 Å². The second-order valence-electron chi connectivity index (χ2n) is 8.72. The highest BCUT2D eigenvalue weighted by molar-refractivity contribution is 6.30. The Morgan fingerprint density at radius 1 is 0.853 bits per heavy atom. The summed E-state index contributed by atoms with van der Waals surface area (Å²) in [4.78, 5) is 28.5. The standard InChI is InChI=1S/C29H33ClN2O2/c1-4-21(2)31-29(34)22(3)32(20-23-15-17-26(30)18-16-23)28(33)19-27(24-11-7-5-8-12-24)25-13-9-6-10-14-25/h5-18,21-22,27H,4,19-20H2,1-3H3,(H,31,34)/t21-,22+/m1/s1. The molecule has 4 nitrogen and oxygen atoms in total. The molecule has 0 aliphatic carbocycles. The van der Waals surface area contributed by atoms with E-state index in [1.807, 2.05) is 86.6 Å². The van der Waals surface area contributed by atoms with Gasteiger partial charge in [0, 0.05) is 29.9 Å². The van der Waals surface area contributed by atoms with Gasteiger partial charge < -0.3 is 10.2 Å². The van der Waals surface area contributed by atoms with E-state index in [2.05, 4.69) is 5.32 Å². The largest absolute Gasteiger partial charge is 0.352 e. The maximum absolute atomic E-state index is 13.8. The van der Waals surface area contributed by atoms with E-state index in [0.29, 0.717) is 11.6 Å². The zero-order valence-electron chi connectivity index (χ0n) is 20.1. The van der Waals surface area contributed by atoms with Gasteiger partial charge in [0.05, 0.1) is 0 Å². The Hall–Kier alpha value is -3.11. The molecule has 3 aromatic rings. The summed E-state index contributed by atoms with van der Waals surface area (Å²) in [5.74, 6) is -0.320. The van der Waals surface area contributed by atoms with Gasteiger partial charge in [-0.25, -0.2) is 0 Å². The van der Waals surface area contributed by atoms with Crippen molar-refractivity contribution in [2.45, 2.75) is 58.2 Å². The van der Waals surface area contributed by atoms with Crippen LogP contribution in [-0.2, 0) is 16.1 Å². The molecule has 0 aliphatic rings. The molecule has 3 rings (SSSR count). The molecule has 178 valence electrons. The number of benzene rings is 3. The number of carbonyl (C=O) groups excluding carboxylic acids is 2. The molecule has 2 amide bonds. The zero-order valence-corrected chi connectivity index (χ0v) is 20.8. The minimum atomic E-state index is -0.607. The van der Waals surface area contributed by atoms with Crippen LogP contribution in [0.4, 0.5) is 0 Å². The Morgan fingerprint density at radius 3 is 1.88 bits per heavy atom. The van der Waals surface area contributed by atoms with Crippen molar-refractivity contribution < 1.29 is 9.59 Å². The average Bonchev–Trinajstić information content (AvgIpc) is 2.87. The summed E-state index contributed by atoms with van der Waals surface area (Å²) in [7, 11) is 0. The normalized spacial score (nSPS) is 12.7. The fourth-order valence-corrected chi connectivity index (χ4v) is 4.05. The number of halogens is 1. The quantitative estimate of drug-likeness (QED) is 0.379. The Labute approximate surface area is 207 Å². The van der Waals surface area contributed by atoms with Crippen molar-refractivity contribution in [1.29, 1.82) is 0 Å². The van der Waals surface area contributed by atoms with Crippen LogP contribution in [0.5, 0.6) is 0 Å². The van der Waals surface area contributed by atoms with E-state index in [4.69, 9.17) is 11.6 Å². The summed E-state index contributed by atoms with van der Waals surface area (Å²) >= 11 is 6.06. The highest BCUT2D eigenvalue weighted by atomic mass is 35.5. The van der Waals surface area contributed by atoms with Crippen LogP contribution in [0.3, 0.4) is 0 Å². The number of hydrogen-bond acceptors (Lipinski definition) is 2. The summed E-state index contributed by atoms with van der Waals surface area (Å²) in [5, 5.41) is 3.66. The van der Waals surface area contributed by atoms with Crippen LogP contribution in [0.25, 0.3) is 0 Å². The van der Waals surface area contributed by atoms with E-state index < -0.39 is 6.04 Å². The predicted molar refractivity (Wildman–Crippen MR) is 139 cm³/mol.